The van der Waals surface area contributed by atoms with Gasteiger partial charge in [-0.25, -0.2) is 9.97 Å². The summed E-state index contributed by atoms with van der Waals surface area (Å²) in [6.45, 7) is 7.84. The summed E-state index contributed by atoms with van der Waals surface area (Å²) in [5.74, 6) is -2.49. The van der Waals surface area contributed by atoms with Crippen LogP contribution in [0.2, 0.25) is 5.02 Å². The van der Waals surface area contributed by atoms with Gasteiger partial charge in [-0.1, -0.05) is 39.3 Å². The molecule has 0 amide bonds. The fourth-order valence-electron chi connectivity index (χ4n) is 2.67. The molecular weight excluding hydrogens is 426 g/mol. The molecule has 2 aromatic heterocycles. The third kappa shape index (κ3) is 6.66. The molecule has 1 fully saturated rings. The molecule has 2 N–H and O–H groups in total. The van der Waals surface area contributed by atoms with Gasteiger partial charge >= 0.3 is 6.18 Å². The summed E-state index contributed by atoms with van der Waals surface area (Å²) >= 11 is 6.00. The van der Waals surface area contributed by atoms with Crippen LogP contribution in [0.3, 0.4) is 0 Å². The first-order valence-electron chi connectivity index (χ1n) is 9.70. The highest BCUT2D eigenvalue weighted by molar-refractivity contribution is 6.32. The van der Waals surface area contributed by atoms with Gasteiger partial charge in [0.25, 0.3) is 5.56 Å². The van der Waals surface area contributed by atoms with Crippen molar-refractivity contribution < 1.29 is 17.6 Å². The van der Waals surface area contributed by atoms with E-state index in [4.69, 9.17) is 11.6 Å². The van der Waals surface area contributed by atoms with Gasteiger partial charge in [0.15, 0.2) is 5.82 Å². The Morgan fingerprint density at radius 1 is 1.23 bits per heavy atom. The third-order valence-corrected chi connectivity index (χ3v) is 4.34. The fraction of sp³-hybridized carbons (Fsp3) is 0.526. The predicted molar refractivity (Wildman–Crippen MR) is 110 cm³/mol. The summed E-state index contributed by atoms with van der Waals surface area (Å²) < 4.78 is 52.8. The third-order valence-electron chi connectivity index (χ3n) is 4.00. The maximum absolute atomic E-state index is 13.3. The molecular formula is C19H26ClF4N5O. The number of hydrogen-bond donors (Lipinski definition) is 2. The molecule has 1 saturated heterocycles. The SMILES string of the molecule is CC.CC.O=c1[nH]c(-c2ccnc(F)c2)nc(N2CCNCC(C(F)(F)F)C2)c1Cl. The Kier molecular flexibility index (Phi) is 10.2. The number of H-pyrrole nitrogens is 1. The standard InChI is InChI=1S/C15H14ClF4N5O.2C2H6/c16-11-13(25-4-3-21-6-9(7-25)15(18,19)20)23-12(24-14(11)26)8-1-2-22-10(17)5-8;2*1-2/h1-2,5,9,21H,3-4,6-7H2,(H,23,24,26);2*1-2H3. The molecule has 1 aliphatic heterocycles. The number of anilines is 1. The van der Waals surface area contributed by atoms with Crippen LogP contribution in [0.1, 0.15) is 27.7 Å². The van der Waals surface area contributed by atoms with Crippen LogP contribution in [0, 0.1) is 11.9 Å². The van der Waals surface area contributed by atoms with E-state index in [9.17, 15) is 22.4 Å². The number of rotatable bonds is 2. The lowest BCUT2D eigenvalue weighted by Gasteiger charge is -2.27. The second-order valence-electron chi connectivity index (χ2n) is 5.81. The average Bonchev–Trinajstić information content (AvgIpc) is 2.99. The summed E-state index contributed by atoms with van der Waals surface area (Å²) in [5, 5.41) is 2.40. The number of hydrogen-bond acceptors (Lipinski definition) is 5. The van der Waals surface area contributed by atoms with E-state index in [1.807, 2.05) is 27.7 Å². The molecule has 0 radical (unpaired) electrons. The second kappa shape index (κ2) is 11.8. The number of halogens is 5. The van der Waals surface area contributed by atoms with Gasteiger partial charge in [-0.15, -0.1) is 0 Å². The molecule has 6 nitrogen and oxygen atoms in total. The van der Waals surface area contributed by atoms with E-state index >= 15 is 0 Å². The van der Waals surface area contributed by atoms with Crippen LogP contribution < -0.4 is 15.8 Å². The highest BCUT2D eigenvalue weighted by Gasteiger charge is 2.41. The first-order chi connectivity index (χ1) is 14.3. The molecule has 3 rings (SSSR count). The Morgan fingerprint density at radius 3 is 2.50 bits per heavy atom. The molecule has 2 aromatic rings. The van der Waals surface area contributed by atoms with E-state index in [2.05, 4.69) is 20.3 Å². The highest BCUT2D eigenvalue weighted by Crippen LogP contribution is 2.30. The van der Waals surface area contributed by atoms with Crippen LogP contribution in [0.4, 0.5) is 23.4 Å². The van der Waals surface area contributed by atoms with Crippen LogP contribution in [0.15, 0.2) is 23.1 Å². The zero-order valence-electron chi connectivity index (χ0n) is 17.3. The second-order valence-corrected chi connectivity index (χ2v) is 6.19. The number of alkyl halides is 3. The lowest BCUT2D eigenvalue weighted by molar-refractivity contribution is -0.169. The zero-order valence-corrected chi connectivity index (χ0v) is 18.0. The van der Waals surface area contributed by atoms with Crippen molar-refractivity contribution in [3.8, 4) is 11.4 Å². The van der Waals surface area contributed by atoms with Crippen molar-refractivity contribution >= 4 is 17.4 Å². The van der Waals surface area contributed by atoms with E-state index in [1.165, 1.54) is 17.2 Å². The number of nitrogens with zero attached hydrogens (tertiary/aromatic N) is 3. The maximum atomic E-state index is 13.3. The monoisotopic (exact) mass is 451 g/mol. The summed E-state index contributed by atoms with van der Waals surface area (Å²) in [6.07, 6.45) is -3.21. The van der Waals surface area contributed by atoms with Crippen molar-refractivity contribution in [1.29, 1.82) is 0 Å². The van der Waals surface area contributed by atoms with Gasteiger partial charge in [0.1, 0.15) is 10.8 Å². The van der Waals surface area contributed by atoms with E-state index in [1.54, 1.807) is 0 Å². The molecule has 1 atom stereocenters. The van der Waals surface area contributed by atoms with Gasteiger partial charge in [0.05, 0.1) is 5.92 Å². The van der Waals surface area contributed by atoms with Gasteiger partial charge in [0.2, 0.25) is 5.95 Å². The van der Waals surface area contributed by atoms with Gasteiger partial charge in [0, 0.05) is 44.0 Å². The minimum atomic E-state index is -4.40. The fourth-order valence-corrected chi connectivity index (χ4v) is 2.88. The Bertz CT molecular complexity index is 860. The van der Waals surface area contributed by atoms with Crippen molar-refractivity contribution in [3.63, 3.8) is 0 Å². The number of nitrogens with one attached hydrogen (secondary N) is 2. The van der Waals surface area contributed by atoms with Crippen LogP contribution in [-0.2, 0) is 0 Å². The van der Waals surface area contributed by atoms with Crippen molar-refractivity contribution in [2.45, 2.75) is 33.9 Å². The summed E-state index contributed by atoms with van der Waals surface area (Å²) in [5.41, 5.74) is -0.488. The van der Waals surface area contributed by atoms with Gasteiger partial charge < -0.3 is 15.2 Å². The number of aromatic nitrogens is 3. The minimum absolute atomic E-state index is 0.00327. The normalized spacial score (nSPS) is 16.6. The molecule has 1 unspecified atom stereocenters. The molecule has 3 heterocycles. The molecule has 0 saturated carbocycles. The Balaban J connectivity index is 0.00000106. The topological polar surface area (TPSA) is 73.9 Å². The lowest BCUT2D eigenvalue weighted by Crippen LogP contribution is -2.39. The Hall–Kier alpha value is -2.20. The smallest absolute Gasteiger partial charge is 0.353 e. The number of pyridine rings is 1. The summed E-state index contributed by atoms with van der Waals surface area (Å²) in [7, 11) is 0. The van der Waals surface area contributed by atoms with Gasteiger partial charge in [-0.05, 0) is 6.07 Å². The molecule has 0 aliphatic carbocycles. The molecule has 30 heavy (non-hydrogen) atoms. The minimum Gasteiger partial charge on any atom is -0.353 e. The zero-order chi connectivity index (χ0) is 22.9. The molecule has 0 bridgehead atoms. The van der Waals surface area contributed by atoms with Crippen LogP contribution in [0.5, 0.6) is 0 Å². The first kappa shape index (κ1) is 25.8. The molecule has 11 heteroatoms. The summed E-state index contributed by atoms with van der Waals surface area (Å²) in [4.78, 5) is 23.4. The van der Waals surface area contributed by atoms with Crippen molar-refractivity contribution in [1.82, 2.24) is 20.3 Å². The maximum Gasteiger partial charge on any atom is 0.394 e. The average molecular weight is 452 g/mol. The highest BCUT2D eigenvalue weighted by atomic mass is 35.5. The van der Waals surface area contributed by atoms with E-state index in [0.29, 0.717) is 0 Å². The molecule has 168 valence electrons. The molecule has 1 aliphatic rings. The van der Waals surface area contributed by atoms with Crippen molar-refractivity contribution in [2.24, 2.45) is 5.92 Å². The van der Waals surface area contributed by atoms with Gasteiger partial charge in [-0.3, -0.25) is 4.79 Å². The quantitative estimate of drug-likeness (QED) is 0.527. The van der Waals surface area contributed by atoms with Gasteiger partial charge in [-0.2, -0.15) is 17.6 Å². The van der Waals surface area contributed by atoms with E-state index in [-0.39, 0.29) is 41.9 Å². The lowest BCUT2D eigenvalue weighted by atomic mass is 10.1. The van der Waals surface area contributed by atoms with E-state index < -0.39 is 30.1 Å². The summed E-state index contributed by atoms with van der Waals surface area (Å²) in [6, 6.07) is 2.47. The van der Waals surface area contributed by atoms with Crippen molar-refractivity contribution in [3.05, 3.63) is 39.7 Å². The number of aromatic amines is 1. The van der Waals surface area contributed by atoms with Crippen LogP contribution >= 0.6 is 11.6 Å². The van der Waals surface area contributed by atoms with Crippen LogP contribution in [0.25, 0.3) is 11.4 Å². The Labute approximate surface area is 177 Å². The molecule has 0 aromatic carbocycles. The first-order valence-corrected chi connectivity index (χ1v) is 10.1. The van der Waals surface area contributed by atoms with E-state index in [0.717, 1.165) is 6.07 Å². The van der Waals surface area contributed by atoms with Crippen molar-refractivity contribution in [2.75, 3.05) is 31.1 Å². The largest absolute Gasteiger partial charge is 0.394 e. The predicted octanol–water partition coefficient (Wildman–Crippen LogP) is 4.26. The Morgan fingerprint density at radius 2 is 1.90 bits per heavy atom. The molecule has 0 spiro atoms. The van der Waals surface area contributed by atoms with Crippen LogP contribution in [-0.4, -0.2) is 47.3 Å².